The molecule has 3 N–H and O–H groups in total. The van der Waals surface area contributed by atoms with Crippen LogP contribution in [-0.4, -0.2) is 9.77 Å². The molecule has 0 aromatic carbocycles. The van der Waals surface area contributed by atoms with E-state index >= 15 is 0 Å². The minimum atomic E-state index is 0.300. The van der Waals surface area contributed by atoms with E-state index in [2.05, 4.69) is 31.7 Å². The van der Waals surface area contributed by atoms with Gasteiger partial charge in [0.1, 0.15) is 0 Å². The van der Waals surface area contributed by atoms with Gasteiger partial charge in [0.2, 0.25) is 0 Å². The number of aromatic nitrogens is 3. The van der Waals surface area contributed by atoms with Crippen molar-refractivity contribution in [3.63, 3.8) is 0 Å². The van der Waals surface area contributed by atoms with Gasteiger partial charge in [0, 0.05) is 11.1 Å². The summed E-state index contributed by atoms with van der Waals surface area (Å²) in [4.78, 5) is 3.03. The van der Waals surface area contributed by atoms with Crippen LogP contribution in [0.3, 0.4) is 0 Å². The fraction of sp³-hybridized carbons (Fsp3) is 0. The summed E-state index contributed by atoms with van der Waals surface area (Å²) in [5.74, 6) is 0. The van der Waals surface area contributed by atoms with Crippen LogP contribution in [0.5, 0.6) is 0 Å². The van der Waals surface area contributed by atoms with Crippen LogP contribution in [0.4, 0.5) is 0 Å². The summed E-state index contributed by atoms with van der Waals surface area (Å²) in [5.41, 5.74) is 7.16. The number of hydrogen-bond acceptors (Lipinski definition) is 5. The number of hydrogen-bond donors (Lipinski definition) is 3. The molecule has 9 heteroatoms. The minimum Gasteiger partial charge on any atom is -0.494 e. The summed E-state index contributed by atoms with van der Waals surface area (Å²) >= 11 is 9.66. The Morgan fingerprint density at radius 1 is 1.82 bits per heavy atom. The van der Waals surface area contributed by atoms with Gasteiger partial charge in [-0.2, -0.15) is 5.53 Å². The monoisotopic (exact) mass is 193 g/mol. The van der Waals surface area contributed by atoms with Crippen molar-refractivity contribution < 1.29 is 0 Å². The number of nitrogens with one attached hydrogen (secondary N) is 3. The van der Waals surface area contributed by atoms with E-state index in [0.29, 0.717) is 4.77 Å². The van der Waals surface area contributed by atoms with Gasteiger partial charge < -0.3 is 25.8 Å². The molecule has 0 bridgehead atoms. The van der Waals surface area contributed by atoms with Crippen LogP contribution in [0.1, 0.15) is 0 Å². The Morgan fingerprint density at radius 2 is 2.64 bits per heavy atom. The predicted molar refractivity (Wildman–Crippen MR) is 41.2 cm³/mol. The third kappa shape index (κ3) is 2.44. The second kappa shape index (κ2) is 4.26. The lowest BCUT2D eigenvalue weighted by molar-refractivity contribution is 0.612. The van der Waals surface area contributed by atoms with Crippen molar-refractivity contribution in [1.82, 2.24) is 25.9 Å². The molecule has 0 saturated heterocycles. The lowest BCUT2D eigenvalue weighted by Crippen LogP contribution is -2.38. The lowest BCUT2D eigenvalue weighted by Gasteiger charge is -2.19. The second-order valence-electron chi connectivity index (χ2n) is 1.42. The van der Waals surface area contributed by atoms with Gasteiger partial charge in [-0.25, -0.2) is 0 Å². The molecule has 0 aliphatic carbocycles. The normalized spacial score (nSPS) is 9.91. The average Bonchev–Trinajstić information content (AvgIpc) is 2.37. The van der Waals surface area contributed by atoms with Gasteiger partial charge in [-0.15, -0.1) is 0 Å². The topological polar surface area (TPSA) is 82.1 Å². The van der Waals surface area contributed by atoms with Gasteiger partial charge >= 0.3 is 0 Å². The van der Waals surface area contributed by atoms with Crippen LogP contribution in [-0.2, 0) is 0 Å². The first-order valence-corrected chi connectivity index (χ1v) is 3.23. The van der Waals surface area contributed by atoms with Crippen LogP contribution in [0, 0.1) is 4.77 Å². The van der Waals surface area contributed by atoms with E-state index in [1.54, 1.807) is 0 Å². The minimum absolute atomic E-state index is 0.300. The molecule has 7 nitrogen and oxygen atoms in total. The highest BCUT2D eigenvalue weighted by atomic mass is 35.5. The molecule has 0 unspecified atom stereocenters. The van der Waals surface area contributed by atoms with Gasteiger partial charge in [0.05, 0.1) is 0 Å². The first-order chi connectivity index (χ1) is 5.34. The van der Waals surface area contributed by atoms with Crippen molar-refractivity contribution in [3.8, 4) is 0 Å². The molecule has 0 aliphatic rings. The van der Waals surface area contributed by atoms with E-state index < -0.39 is 0 Å². The van der Waals surface area contributed by atoms with Crippen LogP contribution >= 0.6 is 24.0 Å². The molecule has 1 aromatic rings. The molecule has 0 atom stereocenters. The number of hydrazine groups is 2. The molecule has 1 rings (SSSR count). The van der Waals surface area contributed by atoms with E-state index in [4.69, 9.17) is 24.0 Å². The third-order valence-corrected chi connectivity index (χ3v) is 1.15. The molecule has 0 radical (unpaired) electrons. The largest absolute Gasteiger partial charge is 0.494 e. The number of rotatable bonds is 4. The molecule has 62 valence electrons. The van der Waals surface area contributed by atoms with Crippen LogP contribution in [0.25, 0.3) is 4.94 Å². The highest BCUT2D eigenvalue weighted by Crippen LogP contribution is 1.79. The zero-order chi connectivity index (χ0) is 8.10. The maximum absolute atomic E-state index is 4.93. The molecule has 1 heterocycles. The average molecular weight is 194 g/mol. The number of nitrogens with zero attached hydrogens (tertiary/aromatic N) is 4. The quantitative estimate of drug-likeness (QED) is 0.342. The standard InChI is InChI=1S/C2H5ClN7S/c3-6-7-8-9-10-1-4-5-2(10)11/h1,7-9H,(H,5,11)/q-1/p-1. The maximum Gasteiger partial charge on any atom is 0.0422 e. The molecule has 0 amide bonds. The van der Waals surface area contributed by atoms with Crippen LogP contribution in [0.2, 0.25) is 0 Å². The van der Waals surface area contributed by atoms with E-state index in [1.807, 2.05) is 0 Å². The molecule has 0 spiro atoms. The highest BCUT2D eigenvalue weighted by Gasteiger charge is 1.75. The summed E-state index contributed by atoms with van der Waals surface area (Å²) in [6.07, 6.45) is 1.39. The smallest absolute Gasteiger partial charge is 0.0422 e. The van der Waals surface area contributed by atoms with E-state index in [1.165, 1.54) is 11.0 Å². The SMILES string of the molecule is S=c1[n-]ncn1NNN[N-]Cl. The third-order valence-electron chi connectivity index (χ3n) is 0.791. The first-order valence-electron chi connectivity index (χ1n) is 2.48. The van der Waals surface area contributed by atoms with Gasteiger partial charge in [-0.3, -0.25) is 16.9 Å². The molecule has 0 fully saturated rings. The van der Waals surface area contributed by atoms with Gasteiger partial charge in [-0.05, 0) is 0 Å². The summed E-state index contributed by atoms with van der Waals surface area (Å²) in [7, 11) is 0. The Balaban J connectivity index is 2.39. The first kappa shape index (κ1) is 8.43. The van der Waals surface area contributed by atoms with E-state index in [-0.39, 0.29) is 0 Å². The summed E-state index contributed by atoms with van der Waals surface area (Å²) in [6, 6.07) is 0. The van der Waals surface area contributed by atoms with Crippen molar-refractivity contribution in [3.05, 3.63) is 16.0 Å². The van der Waals surface area contributed by atoms with Crippen molar-refractivity contribution >= 4 is 24.0 Å². The molecule has 0 aliphatic heterocycles. The van der Waals surface area contributed by atoms with Crippen molar-refractivity contribution in [1.29, 1.82) is 0 Å². The Bertz CT molecular complexity index is 253. The molecular weight excluding hydrogens is 190 g/mol. The lowest BCUT2D eigenvalue weighted by atomic mass is 11.2. The Kier molecular flexibility index (Phi) is 3.26. The predicted octanol–water partition coefficient (Wildman–Crippen LogP) is -0.435. The van der Waals surface area contributed by atoms with E-state index in [9.17, 15) is 0 Å². The highest BCUT2D eigenvalue weighted by molar-refractivity contribution is 7.71. The zero-order valence-electron chi connectivity index (χ0n) is 5.15. The van der Waals surface area contributed by atoms with Gasteiger partial charge in [-0.1, -0.05) is 12.2 Å². The molecule has 11 heavy (non-hydrogen) atoms. The van der Waals surface area contributed by atoms with E-state index in [0.717, 1.165) is 0 Å². The Labute approximate surface area is 72.1 Å². The molecule has 1 aromatic heterocycles. The van der Waals surface area contributed by atoms with Crippen molar-refractivity contribution in [2.45, 2.75) is 0 Å². The fourth-order valence-corrected chi connectivity index (χ4v) is 0.590. The van der Waals surface area contributed by atoms with Gasteiger partial charge in [0.15, 0.2) is 0 Å². The number of halogens is 1. The molecule has 0 saturated carbocycles. The maximum atomic E-state index is 4.93. The van der Waals surface area contributed by atoms with Crippen molar-refractivity contribution in [2.24, 2.45) is 0 Å². The molecular formula is C2H4ClN7S-2. The van der Waals surface area contributed by atoms with Crippen LogP contribution in [0.15, 0.2) is 6.33 Å². The van der Waals surface area contributed by atoms with Gasteiger partial charge in [0.25, 0.3) is 0 Å². The summed E-state index contributed by atoms with van der Waals surface area (Å²) in [5, 5.41) is 7.04. The fourth-order valence-electron chi connectivity index (χ4n) is 0.407. The Morgan fingerprint density at radius 3 is 3.18 bits per heavy atom. The van der Waals surface area contributed by atoms with Crippen molar-refractivity contribution in [2.75, 3.05) is 5.53 Å². The Hall–Kier alpha value is -0.670. The zero-order valence-corrected chi connectivity index (χ0v) is 6.72. The second-order valence-corrected chi connectivity index (χ2v) is 1.95. The summed E-state index contributed by atoms with van der Waals surface area (Å²) < 4.78 is 1.67. The van der Waals surface area contributed by atoms with Crippen LogP contribution < -0.4 is 21.7 Å². The summed E-state index contributed by atoms with van der Waals surface area (Å²) in [6.45, 7) is 0.